The zero-order chi connectivity index (χ0) is 22.7. The van der Waals surface area contributed by atoms with E-state index in [1.54, 1.807) is 6.07 Å². The lowest BCUT2D eigenvalue weighted by molar-refractivity contribution is 0.102. The molecule has 0 unspecified atom stereocenters. The van der Waals surface area contributed by atoms with E-state index in [0.717, 1.165) is 17.0 Å². The van der Waals surface area contributed by atoms with E-state index in [4.69, 9.17) is 0 Å². The van der Waals surface area contributed by atoms with E-state index in [1.807, 2.05) is 56.3 Å². The quantitative estimate of drug-likeness (QED) is 0.548. The normalized spacial score (nSPS) is 15.7. The number of amides is 1. The van der Waals surface area contributed by atoms with Crippen molar-refractivity contribution in [3.05, 3.63) is 65.5 Å². The molecular formula is C23H28ClN5O3S. The molecule has 33 heavy (non-hydrogen) atoms. The Balaban J connectivity index is 0.00000306. The lowest BCUT2D eigenvalue weighted by Crippen LogP contribution is -2.39. The molecule has 10 heteroatoms. The fourth-order valence-corrected chi connectivity index (χ4v) is 4.83. The van der Waals surface area contributed by atoms with Crippen LogP contribution in [0.25, 0.3) is 11.4 Å². The summed E-state index contributed by atoms with van der Waals surface area (Å²) in [5.41, 5.74) is 3.13. The fraction of sp³-hybridized carbons (Fsp3) is 0.348. The van der Waals surface area contributed by atoms with Gasteiger partial charge in [-0.15, -0.1) is 12.4 Å². The lowest BCUT2D eigenvalue weighted by Gasteiger charge is -2.26. The third-order valence-corrected chi connectivity index (χ3v) is 7.08. The number of aromatic nitrogens is 3. The van der Waals surface area contributed by atoms with Crippen LogP contribution in [0, 0.1) is 0 Å². The first-order chi connectivity index (χ1) is 15.3. The topological polar surface area (TPSA) is 108 Å². The maximum atomic E-state index is 12.7. The Hall–Kier alpha value is -2.75. The van der Waals surface area contributed by atoms with E-state index in [-0.39, 0.29) is 35.7 Å². The number of hydrogen-bond acceptors (Lipinski definition) is 6. The minimum Gasteiger partial charge on any atom is -0.322 e. The number of sulfone groups is 1. The zero-order valence-electron chi connectivity index (χ0n) is 18.6. The highest BCUT2D eigenvalue weighted by molar-refractivity contribution is 7.91. The van der Waals surface area contributed by atoms with Gasteiger partial charge in [0, 0.05) is 42.4 Å². The third kappa shape index (κ3) is 6.40. The van der Waals surface area contributed by atoms with Crippen molar-refractivity contribution in [2.24, 2.45) is 0 Å². The molecule has 0 aliphatic carbocycles. The van der Waals surface area contributed by atoms with Crippen molar-refractivity contribution in [3.63, 3.8) is 0 Å². The minimum atomic E-state index is -2.90. The second-order valence-corrected chi connectivity index (χ2v) is 10.7. The second kappa shape index (κ2) is 10.5. The number of anilines is 1. The lowest BCUT2D eigenvalue weighted by atomic mass is 10.1. The predicted molar refractivity (Wildman–Crippen MR) is 131 cm³/mol. The highest BCUT2D eigenvalue weighted by Crippen LogP contribution is 2.20. The van der Waals surface area contributed by atoms with Crippen LogP contribution in [-0.2, 0) is 16.4 Å². The number of hydrogen-bond donors (Lipinski definition) is 2. The van der Waals surface area contributed by atoms with E-state index in [2.05, 4.69) is 25.4 Å². The van der Waals surface area contributed by atoms with Gasteiger partial charge in [-0.05, 0) is 42.0 Å². The van der Waals surface area contributed by atoms with Crippen LogP contribution in [0.4, 0.5) is 5.69 Å². The number of H-pyrrole nitrogens is 1. The number of aromatic amines is 1. The molecule has 0 atom stereocenters. The van der Waals surface area contributed by atoms with Crippen LogP contribution in [0.15, 0.2) is 48.5 Å². The Bertz CT molecular complexity index is 1190. The van der Waals surface area contributed by atoms with E-state index in [1.165, 1.54) is 0 Å². The number of nitrogens with zero attached hydrogens (tertiary/aromatic N) is 3. The van der Waals surface area contributed by atoms with Gasteiger partial charge in [0.1, 0.15) is 0 Å². The number of rotatable bonds is 6. The number of carbonyl (C=O) groups is 1. The Morgan fingerprint density at radius 1 is 1.12 bits per heavy atom. The largest absolute Gasteiger partial charge is 0.322 e. The molecule has 1 fully saturated rings. The van der Waals surface area contributed by atoms with Gasteiger partial charge in [-0.2, -0.15) is 5.10 Å². The van der Waals surface area contributed by atoms with Gasteiger partial charge in [0.05, 0.1) is 11.5 Å². The maximum absolute atomic E-state index is 12.7. The average molecular weight is 490 g/mol. The summed E-state index contributed by atoms with van der Waals surface area (Å²) >= 11 is 0. The van der Waals surface area contributed by atoms with Crippen LogP contribution in [-0.4, -0.2) is 59.0 Å². The summed E-state index contributed by atoms with van der Waals surface area (Å²) in [6.45, 7) is 5.75. The summed E-state index contributed by atoms with van der Waals surface area (Å²) in [7, 11) is -2.90. The van der Waals surface area contributed by atoms with Gasteiger partial charge in [-0.25, -0.2) is 13.4 Å². The van der Waals surface area contributed by atoms with Crippen molar-refractivity contribution in [3.8, 4) is 11.4 Å². The molecule has 2 aromatic carbocycles. The van der Waals surface area contributed by atoms with Crippen molar-refractivity contribution in [1.29, 1.82) is 0 Å². The molecule has 1 saturated heterocycles. The maximum Gasteiger partial charge on any atom is 0.255 e. The van der Waals surface area contributed by atoms with Gasteiger partial charge in [-0.1, -0.05) is 26.0 Å². The van der Waals surface area contributed by atoms with Gasteiger partial charge >= 0.3 is 0 Å². The van der Waals surface area contributed by atoms with Gasteiger partial charge in [0.25, 0.3) is 5.91 Å². The molecule has 0 spiro atoms. The van der Waals surface area contributed by atoms with Gasteiger partial charge in [-0.3, -0.25) is 14.8 Å². The van der Waals surface area contributed by atoms with E-state index in [9.17, 15) is 13.2 Å². The molecule has 0 bridgehead atoms. The first-order valence-electron chi connectivity index (χ1n) is 10.6. The minimum absolute atomic E-state index is 0. The standard InChI is InChI=1S/C23H27N5O3S.ClH/c1-16(2)21-25-22(27-26-21)18-6-8-20(9-7-18)24-23(29)19-5-3-4-17(14-19)15-28-10-12-32(30,31)13-11-28;/h3-9,14,16H,10-13,15H2,1-2H3,(H,24,29)(H,25,26,27);1H. The first-order valence-corrected chi connectivity index (χ1v) is 12.5. The molecule has 1 aliphatic heterocycles. The highest BCUT2D eigenvalue weighted by atomic mass is 35.5. The Morgan fingerprint density at radius 3 is 2.45 bits per heavy atom. The SMILES string of the molecule is CC(C)c1n[nH]c(-c2ccc(NC(=O)c3cccc(CN4CCS(=O)(=O)CC4)c3)cc2)n1.Cl. The van der Waals surface area contributed by atoms with E-state index in [0.29, 0.717) is 36.7 Å². The third-order valence-electron chi connectivity index (χ3n) is 5.47. The molecular weight excluding hydrogens is 462 g/mol. The van der Waals surface area contributed by atoms with Crippen LogP contribution in [0.5, 0.6) is 0 Å². The molecule has 2 N–H and O–H groups in total. The summed E-state index contributed by atoms with van der Waals surface area (Å²) < 4.78 is 23.2. The summed E-state index contributed by atoms with van der Waals surface area (Å²) in [6, 6.07) is 14.9. The van der Waals surface area contributed by atoms with Gasteiger partial charge in [0.15, 0.2) is 21.5 Å². The molecule has 176 valence electrons. The van der Waals surface area contributed by atoms with Crippen LogP contribution in [0.1, 0.15) is 41.5 Å². The van der Waals surface area contributed by atoms with Crippen LogP contribution in [0.2, 0.25) is 0 Å². The molecule has 0 radical (unpaired) electrons. The summed E-state index contributed by atoms with van der Waals surface area (Å²) in [6.07, 6.45) is 0. The molecule has 2 heterocycles. The Kier molecular flexibility index (Phi) is 7.88. The smallest absolute Gasteiger partial charge is 0.255 e. The average Bonchev–Trinajstić information content (AvgIpc) is 3.27. The first kappa shape index (κ1) is 24.9. The fourth-order valence-electron chi connectivity index (χ4n) is 3.55. The molecule has 1 aliphatic rings. The number of halogens is 1. The van der Waals surface area contributed by atoms with Gasteiger partial charge < -0.3 is 5.32 Å². The molecule has 1 amide bonds. The second-order valence-electron chi connectivity index (χ2n) is 8.36. The van der Waals surface area contributed by atoms with Crippen molar-refractivity contribution >= 4 is 33.8 Å². The van der Waals surface area contributed by atoms with Crippen molar-refractivity contribution < 1.29 is 13.2 Å². The Morgan fingerprint density at radius 2 is 1.82 bits per heavy atom. The summed E-state index contributed by atoms with van der Waals surface area (Å²) in [5.74, 6) is 1.90. The number of benzene rings is 2. The number of nitrogens with one attached hydrogen (secondary N) is 2. The van der Waals surface area contributed by atoms with Crippen LogP contribution in [0.3, 0.4) is 0 Å². The summed E-state index contributed by atoms with van der Waals surface area (Å²) in [5, 5.41) is 10.1. The molecule has 0 saturated carbocycles. The van der Waals surface area contributed by atoms with Crippen molar-refractivity contribution in [1.82, 2.24) is 20.1 Å². The van der Waals surface area contributed by atoms with Crippen LogP contribution < -0.4 is 5.32 Å². The van der Waals surface area contributed by atoms with Gasteiger partial charge in [0.2, 0.25) is 0 Å². The Labute approximate surface area is 200 Å². The molecule has 8 nitrogen and oxygen atoms in total. The van der Waals surface area contributed by atoms with E-state index < -0.39 is 9.84 Å². The van der Waals surface area contributed by atoms with Crippen molar-refractivity contribution in [2.75, 3.05) is 29.9 Å². The zero-order valence-corrected chi connectivity index (χ0v) is 20.2. The summed E-state index contributed by atoms with van der Waals surface area (Å²) in [4.78, 5) is 19.3. The molecule has 1 aromatic heterocycles. The predicted octanol–water partition coefficient (Wildman–Crippen LogP) is 3.50. The van der Waals surface area contributed by atoms with Crippen molar-refractivity contribution in [2.45, 2.75) is 26.3 Å². The van der Waals surface area contributed by atoms with Crippen LogP contribution >= 0.6 is 12.4 Å². The highest BCUT2D eigenvalue weighted by Gasteiger charge is 2.21. The molecule has 4 rings (SSSR count). The number of carbonyl (C=O) groups excluding carboxylic acids is 1. The molecule has 3 aromatic rings. The monoisotopic (exact) mass is 489 g/mol. The van der Waals surface area contributed by atoms with E-state index >= 15 is 0 Å².